The van der Waals surface area contributed by atoms with Gasteiger partial charge in [-0.3, -0.25) is 0 Å². The summed E-state index contributed by atoms with van der Waals surface area (Å²) in [6.07, 6.45) is 6.20. The Balaban J connectivity index is 2.98. The Labute approximate surface area is 58.0 Å². The van der Waals surface area contributed by atoms with Gasteiger partial charge >= 0.3 is 0 Å². The molecule has 0 heteroatoms. The highest BCUT2D eigenvalue weighted by Crippen LogP contribution is 1.92. The van der Waals surface area contributed by atoms with E-state index >= 15 is 0 Å². The molecule has 0 amide bonds. The van der Waals surface area contributed by atoms with Crippen molar-refractivity contribution in [2.24, 2.45) is 0 Å². The summed E-state index contributed by atoms with van der Waals surface area (Å²) >= 11 is 0. The molecule has 0 rings (SSSR count). The Morgan fingerprint density at radius 1 is 1.44 bits per heavy atom. The minimum absolute atomic E-state index is 0.980. The van der Waals surface area contributed by atoms with E-state index in [1.54, 1.807) is 0 Å². The normalized spacial score (nSPS) is 7.67. The molecule has 0 atom stereocenters. The zero-order valence-electron chi connectivity index (χ0n) is 6.11. The molecule has 0 fully saturated rings. The molecule has 0 nitrogen and oxygen atoms in total. The van der Waals surface area contributed by atoms with Crippen molar-refractivity contribution in [1.29, 1.82) is 0 Å². The third-order valence-electron chi connectivity index (χ3n) is 1.01. The number of unbranched alkanes of at least 4 members (excludes halogenated alkanes) is 2. The molecule has 0 aliphatic heterocycles. The number of rotatable bonds is 3. The molecule has 0 saturated carbocycles. The average Bonchev–Trinajstić information content (AvgIpc) is 1.89. The van der Waals surface area contributed by atoms with Crippen LogP contribution < -0.4 is 0 Å². The molecule has 0 aliphatic rings. The van der Waals surface area contributed by atoms with Gasteiger partial charge in [0.15, 0.2) is 0 Å². The van der Waals surface area contributed by atoms with Gasteiger partial charge in [-0.25, -0.2) is 0 Å². The van der Waals surface area contributed by atoms with Gasteiger partial charge in [-0.1, -0.05) is 13.0 Å². The molecule has 0 heterocycles. The fraction of sp³-hybridized carbons (Fsp3) is 0.556. The van der Waals surface area contributed by atoms with Gasteiger partial charge in [-0.15, -0.1) is 18.4 Å². The van der Waals surface area contributed by atoms with Crippen molar-refractivity contribution < 1.29 is 0 Å². The van der Waals surface area contributed by atoms with Gasteiger partial charge in [-0.05, 0) is 12.8 Å². The molecule has 0 aliphatic carbocycles. The molecule has 0 spiro atoms. The van der Waals surface area contributed by atoms with E-state index in [1.807, 2.05) is 6.08 Å². The molecule has 0 bridgehead atoms. The van der Waals surface area contributed by atoms with Gasteiger partial charge in [0.25, 0.3) is 0 Å². The van der Waals surface area contributed by atoms with Crippen molar-refractivity contribution in [3.05, 3.63) is 12.7 Å². The van der Waals surface area contributed by atoms with Gasteiger partial charge in [0, 0.05) is 12.8 Å². The Morgan fingerprint density at radius 3 is 2.78 bits per heavy atom. The smallest absolute Gasteiger partial charge is 0.00916 e. The van der Waals surface area contributed by atoms with Crippen LogP contribution in [0.3, 0.4) is 0 Å². The van der Waals surface area contributed by atoms with Crippen LogP contribution in [0.2, 0.25) is 0 Å². The van der Waals surface area contributed by atoms with Crippen LogP contribution in [-0.4, -0.2) is 0 Å². The fourth-order valence-corrected chi connectivity index (χ4v) is 0.548. The summed E-state index contributed by atoms with van der Waals surface area (Å²) in [7, 11) is 0. The van der Waals surface area contributed by atoms with Gasteiger partial charge in [0.1, 0.15) is 0 Å². The summed E-state index contributed by atoms with van der Waals surface area (Å²) < 4.78 is 0. The summed E-state index contributed by atoms with van der Waals surface area (Å²) in [5, 5.41) is 0. The van der Waals surface area contributed by atoms with E-state index in [0.29, 0.717) is 0 Å². The van der Waals surface area contributed by atoms with Crippen LogP contribution >= 0.6 is 0 Å². The molecule has 0 aromatic carbocycles. The lowest BCUT2D eigenvalue weighted by atomic mass is 10.2. The van der Waals surface area contributed by atoms with Crippen molar-refractivity contribution in [2.45, 2.75) is 32.6 Å². The van der Waals surface area contributed by atoms with Crippen LogP contribution in [0.5, 0.6) is 0 Å². The minimum Gasteiger partial charge on any atom is -0.104 e. The maximum atomic E-state index is 3.63. The molecule has 50 valence electrons. The van der Waals surface area contributed by atoms with Crippen molar-refractivity contribution in [2.75, 3.05) is 0 Å². The summed E-state index contributed by atoms with van der Waals surface area (Å²) in [5.74, 6) is 6.09. The van der Waals surface area contributed by atoms with Crippen molar-refractivity contribution in [1.82, 2.24) is 0 Å². The minimum atomic E-state index is 0.980. The zero-order chi connectivity index (χ0) is 6.95. The van der Waals surface area contributed by atoms with Gasteiger partial charge in [0.2, 0.25) is 0 Å². The third kappa shape index (κ3) is 7.30. The first-order valence-electron chi connectivity index (χ1n) is 3.48. The monoisotopic (exact) mass is 122 g/mol. The van der Waals surface area contributed by atoms with E-state index in [4.69, 9.17) is 0 Å². The topological polar surface area (TPSA) is 0 Å². The van der Waals surface area contributed by atoms with E-state index in [1.165, 1.54) is 0 Å². The van der Waals surface area contributed by atoms with E-state index in [9.17, 15) is 0 Å². The Morgan fingerprint density at radius 2 is 2.22 bits per heavy atom. The Kier molecular flexibility index (Phi) is 6.73. The van der Waals surface area contributed by atoms with E-state index in [0.717, 1.165) is 25.7 Å². The lowest BCUT2D eigenvalue weighted by molar-refractivity contribution is 0.886. The SMILES string of the molecule is C=CCCCC#CCC. The van der Waals surface area contributed by atoms with E-state index in [-0.39, 0.29) is 0 Å². The van der Waals surface area contributed by atoms with Crippen molar-refractivity contribution in [3.63, 3.8) is 0 Å². The molecule has 9 heavy (non-hydrogen) atoms. The van der Waals surface area contributed by atoms with Crippen molar-refractivity contribution >= 4 is 0 Å². The van der Waals surface area contributed by atoms with Crippen LogP contribution in [0.4, 0.5) is 0 Å². The fourth-order valence-electron chi connectivity index (χ4n) is 0.548. The predicted molar refractivity (Wildman–Crippen MR) is 42.1 cm³/mol. The highest BCUT2D eigenvalue weighted by atomic mass is 13.8. The summed E-state index contributed by atoms with van der Waals surface area (Å²) in [5.41, 5.74) is 0. The molecule has 0 aromatic rings. The lowest BCUT2D eigenvalue weighted by Gasteiger charge is -1.83. The van der Waals surface area contributed by atoms with Crippen LogP contribution in [0, 0.1) is 11.8 Å². The van der Waals surface area contributed by atoms with Crippen LogP contribution in [0.1, 0.15) is 32.6 Å². The van der Waals surface area contributed by atoms with Gasteiger partial charge in [-0.2, -0.15) is 0 Å². The maximum absolute atomic E-state index is 3.63. The first kappa shape index (κ1) is 8.30. The van der Waals surface area contributed by atoms with E-state index in [2.05, 4.69) is 25.3 Å². The van der Waals surface area contributed by atoms with Crippen LogP contribution in [-0.2, 0) is 0 Å². The second-order valence-electron chi connectivity index (χ2n) is 1.89. The summed E-state index contributed by atoms with van der Waals surface area (Å²) in [6.45, 7) is 5.70. The highest BCUT2D eigenvalue weighted by Gasteiger charge is 1.76. The van der Waals surface area contributed by atoms with Crippen LogP contribution in [0.15, 0.2) is 12.7 Å². The van der Waals surface area contributed by atoms with E-state index < -0.39 is 0 Å². The second kappa shape index (κ2) is 7.30. The largest absolute Gasteiger partial charge is 0.104 e. The summed E-state index contributed by atoms with van der Waals surface area (Å²) in [6, 6.07) is 0. The third-order valence-corrected chi connectivity index (χ3v) is 1.01. The zero-order valence-corrected chi connectivity index (χ0v) is 6.11. The number of allylic oxidation sites excluding steroid dienone is 1. The first-order chi connectivity index (χ1) is 4.41. The molecule has 0 saturated heterocycles. The lowest BCUT2D eigenvalue weighted by Crippen LogP contribution is -1.67. The molecule has 0 radical (unpaired) electrons. The van der Waals surface area contributed by atoms with Crippen LogP contribution in [0.25, 0.3) is 0 Å². The Bertz CT molecular complexity index is 112. The number of hydrogen-bond acceptors (Lipinski definition) is 0. The Hall–Kier alpha value is -0.700. The molecule has 0 N–H and O–H groups in total. The quantitative estimate of drug-likeness (QED) is 0.307. The van der Waals surface area contributed by atoms with Gasteiger partial charge in [0.05, 0.1) is 0 Å². The first-order valence-corrected chi connectivity index (χ1v) is 3.48. The molecular weight excluding hydrogens is 108 g/mol. The maximum Gasteiger partial charge on any atom is 0.00916 e. The molecule has 0 unspecified atom stereocenters. The standard InChI is InChI=1S/C9H14/c1-3-5-7-9-8-6-4-2/h3H,1,4-5,7,9H2,2H3. The summed E-state index contributed by atoms with van der Waals surface area (Å²) in [4.78, 5) is 0. The highest BCUT2D eigenvalue weighted by molar-refractivity contribution is 4.97. The second-order valence-corrected chi connectivity index (χ2v) is 1.89. The molecule has 0 aromatic heterocycles. The average molecular weight is 122 g/mol. The predicted octanol–water partition coefficient (Wildman–Crippen LogP) is 2.76. The van der Waals surface area contributed by atoms with Crippen molar-refractivity contribution in [3.8, 4) is 11.8 Å². The molecular formula is C9H14. The number of hydrogen-bond donors (Lipinski definition) is 0. The van der Waals surface area contributed by atoms with Gasteiger partial charge < -0.3 is 0 Å².